The lowest BCUT2D eigenvalue weighted by Gasteiger charge is -2.24. The summed E-state index contributed by atoms with van der Waals surface area (Å²) in [7, 11) is 0. The van der Waals surface area contributed by atoms with Crippen molar-refractivity contribution in [3.8, 4) is 0 Å². The van der Waals surface area contributed by atoms with Crippen LogP contribution in [0.4, 0.5) is 9.59 Å². The molecule has 3 rings (SSSR count). The minimum Gasteiger partial charge on any atom is -0.480 e. The van der Waals surface area contributed by atoms with Crippen molar-refractivity contribution in [2.45, 2.75) is 52.0 Å². The Hall–Kier alpha value is -6.45. The van der Waals surface area contributed by atoms with Crippen molar-refractivity contribution < 1.29 is 52.9 Å². The Balaban J connectivity index is 0.000000432. The van der Waals surface area contributed by atoms with Gasteiger partial charge in [-0.3, -0.25) is 19.2 Å². The maximum atomic E-state index is 12.6. The van der Waals surface area contributed by atoms with E-state index < -0.39 is 60.0 Å². The highest BCUT2D eigenvalue weighted by atomic mass is 16.6. The maximum absolute atomic E-state index is 12.6. The van der Waals surface area contributed by atoms with Gasteiger partial charge in [-0.1, -0.05) is 91.0 Å². The lowest BCUT2D eigenvalue weighted by atomic mass is 10.1. The van der Waals surface area contributed by atoms with Gasteiger partial charge in [-0.25, -0.2) is 14.4 Å². The molecule has 0 aliphatic carbocycles. The number of carbonyl (C=O) groups is 7. The molecular weight excluding hydrogens is 690 g/mol. The Morgan fingerprint density at radius 1 is 0.566 bits per heavy atom. The number of ether oxygens (including phenoxy) is 3. The number of rotatable bonds is 16. The predicted octanol–water partition coefficient (Wildman–Crippen LogP) is 2.21. The summed E-state index contributed by atoms with van der Waals surface area (Å²) >= 11 is 0. The Bertz CT molecular complexity index is 1630. The molecule has 0 bridgehead atoms. The SMILES string of the molecule is CC(C)(C)OC(=O)[C@@H](Cc1ccccc1)NC(=O)CNC(=O)CNC(=O)OCc1ccccc1.O=C(O)CNC(=O)CNC(=O)OCc1ccccc1. The van der Waals surface area contributed by atoms with Crippen LogP contribution in [-0.4, -0.2) is 84.8 Å². The molecule has 284 valence electrons. The van der Waals surface area contributed by atoms with Crippen LogP contribution in [0.1, 0.15) is 37.5 Å². The highest BCUT2D eigenvalue weighted by Crippen LogP contribution is 2.11. The van der Waals surface area contributed by atoms with Crippen LogP contribution in [0.3, 0.4) is 0 Å². The van der Waals surface area contributed by atoms with Crippen LogP contribution in [0.5, 0.6) is 0 Å². The third-order valence-electron chi connectivity index (χ3n) is 6.40. The lowest BCUT2D eigenvalue weighted by molar-refractivity contribution is -0.158. The molecule has 3 aromatic carbocycles. The topological polar surface area (TPSA) is 228 Å². The van der Waals surface area contributed by atoms with E-state index in [1.54, 1.807) is 45.0 Å². The summed E-state index contributed by atoms with van der Waals surface area (Å²) in [5, 5.41) is 20.0. The van der Waals surface area contributed by atoms with Gasteiger partial charge in [-0.2, -0.15) is 0 Å². The standard InChI is InChI=1S/C25H31N3O6.C12H14N2O5/c1-25(2,3)34-23(31)20(14-18-10-6-4-7-11-18)28-22(30)16-26-21(29)15-27-24(32)33-17-19-12-8-5-9-13-19;15-10(13-7-11(16)17)6-14-12(18)19-8-9-4-2-1-3-5-9/h4-13,20H,14-17H2,1-3H3,(H,26,29)(H,27,32)(H,28,30);1-5H,6-8H2,(H,13,15)(H,14,18)(H,16,17)/t20-;/m1./s1. The minimum atomic E-state index is -1.15. The normalized spacial score (nSPS) is 10.8. The van der Waals surface area contributed by atoms with Gasteiger partial charge >= 0.3 is 24.1 Å². The number of nitrogens with one attached hydrogen (secondary N) is 5. The fourth-order valence-electron chi connectivity index (χ4n) is 3.99. The van der Waals surface area contributed by atoms with Crippen molar-refractivity contribution in [1.82, 2.24) is 26.6 Å². The molecule has 1 atom stereocenters. The fraction of sp³-hybridized carbons (Fsp3) is 0.324. The van der Waals surface area contributed by atoms with Crippen LogP contribution in [0.15, 0.2) is 91.0 Å². The molecule has 0 aliphatic heterocycles. The van der Waals surface area contributed by atoms with Crippen molar-refractivity contribution >= 4 is 41.8 Å². The quantitative estimate of drug-likeness (QED) is 0.0923. The Labute approximate surface area is 307 Å². The number of esters is 1. The van der Waals surface area contributed by atoms with Gasteiger partial charge in [0.25, 0.3) is 0 Å². The molecule has 16 nitrogen and oxygen atoms in total. The maximum Gasteiger partial charge on any atom is 0.407 e. The molecule has 16 heteroatoms. The van der Waals surface area contributed by atoms with Crippen LogP contribution in [0.2, 0.25) is 0 Å². The lowest BCUT2D eigenvalue weighted by Crippen LogP contribution is -2.49. The number of aliphatic carboxylic acids is 1. The monoisotopic (exact) mass is 735 g/mol. The highest BCUT2D eigenvalue weighted by molar-refractivity contribution is 5.89. The van der Waals surface area contributed by atoms with Gasteiger partial charge in [0, 0.05) is 6.42 Å². The van der Waals surface area contributed by atoms with E-state index in [1.807, 2.05) is 66.7 Å². The number of carboxylic acids is 1. The van der Waals surface area contributed by atoms with E-state index in [1.165, 1.54) is 0 Å². The zero-order valence-electron chi connectivity index (χ0n) is 29.7. The number of carboxylic acid groups (broad SMARTS) is 1. The summed E-state index contributed by atoms with van der Waals surface area (Å²) in [6.07, 6.45) is -1.25. The van der Waals surface area contributed by atoms with Crippen molar-refractivity contribution in [3.05, 3.63) is 108 Å². The van der Waals surface area contributed by atoms with Gasteiger partial charge in [0.2, 0.25) is 17.7 Å². The first-order valence-corrected chi connectivity index (χ1v) is 16.4. The second kappa shape index (κ2) is 23.1. The zero-order valence-corrected chi connectivity index (χ0v) is 29.7. The molecule has 0 saturated carbocycles. The summed E-state index contributed by atoms with van der Waals surface area (Å²) in [6, 6.07) is 26.5. The minimum absolute atomic E-state index is 0.0736. The van der Waals surface area contributed by atoms with Crippen molar-refractivity contribution in [2.24, 2.45) is 0 Å². The van der Waals surface area contributed by atoms with Crippen molar-refractivity contribution in [3.63, 3.8) is 0 Å². The number of carbonyl (C=O) groups excluding carboxylic acids is 6. The average molecular weight is 736 g/mol. The van der Waals surface area contributed by atoms with E-state index in [0.717, 1.165) is 16.7 Å². The molecule has 5 amide bonds. The van der Waals surface area contributed by atoms with Gasteiger partial charge < -0.3 is 45.9 Å². The average Bonchev–Trinajstić information content (AvgIpc) is 3.13. The van der Waals surface area contributed by atoms with Gasteiger partial charge in [0.1, 0.15) is 44.5 Å². The highest BCUT2D eigenvalue weighted by Gasteiger charge is 2.27. The van der Waals surface area contributed by atoms with Crippen molar-refractivity contribution in [2.75, 3.05) is 26.2 Å². The van der Waals surface area contributed by atoms with Crippen LogP contribution >= 0.6 is 0 Å². The van der Waals surface area contributed by atoms with Crippen LogP contribution in [-0.2, 0) is 57.8 Å². The molecule has 53 heavy (non-hydrogen) atoms. The second-order valence-electron chi connectivity index (χ2n) is 12.1. The molecule has 0 aliphatic rings. The number of amides is 5. The fourth-order valence-corrected chi connectivity index (χ4v) is 3.99. The largest absolute Gasteiger partial charge is 0.480 e. The van der Waals surface area contributed by atoms with E-state index in [-0.39, 0.29) is 39.3 Å². The van der Waals surface area contributed by atoms with Gasteiger partial charge in [0.15, 0.2) is 0 Å². The van der Waals surface area contributed by atoms with Crippen LogP contribution in [0, 0.1) is 0 Å². The van der Waals surface area contributed by atoms with Crippen molar-refractivity contribution in [1.29, 1.82) is 0 Å². The first-order valence-electron chi connectivity index (χ1n) is 16.4. The predicted molar refractivity (Wildman–Crippen MR) is 191 cm³/mol. The third kappa shape index (κ3) is 20.7. The van der Waals surface area contributed by atoms with E-state index in [9.17, 15) is 33.6 Å². The van der Waals surface area contributed by atoms with Crippen LogP contribution in [0.25, 0.3) is 0 Å². The molecule has 0 fully saturated rings. The number of alkyl carbamates (subject to hydrolysis) is 2. The van der Waals surface area contributed by atoms with Gasteiger partial charge in [0.05, 0.1) is 6.54 Å². The Kier molecular flexibility index (Phi) is 18.6. The van der Waals surface area contributed by atoms with E-state index >= 15 is 0 Å². The molecule has 0 saturated heterocycles. The first-order chi connectivity index (χ1) is 25.2. The summed E-state index contributed by atoms with van der Waals surface area (Å²) in [6.45, 7) is 3.85. The number of hydrogen-bond donors (Lipinski definition) is 6. The van der Waals surface area contributed by atoms with E-state index in [4.69, 9.17) is 19.3 Å². The molecule has 0 aromatic heterocycles. The summed E-state index contributed by atoms with van der Waals surface area (Å²) < 4.78 is 15.3. The Morgan fingerprint density at radius 3 is 1.38 bits per heavy atom. The number of benzene rings is 3. The Morgan fingerprint density at radius 2 is 0.962 bits per heavy atom. The molecule has 0 radical (unpaired) electrons. The van der Waals surface area contributed by atoms with E-state index in [2.05, 4.69) is 26.6 Å². The van der Waals surface area contributed by atoms with Gasteiger partial charge in [-0.15, -0.1) is 0 Å². The van der Waals surface area contributed by atoms with E-state index in [0.29, 0.717) is 0 Å². The van der Waals surface area contributed by atoms with Crippen LogP contribution < -0.4 is 26.6 Å². The molecular formula is C37H45N5O11. The first kappa shape index (κ1) is 42.7. The van der Waals surface area contributed by atoms with Gasteiger partial charge in [-0.05, 0) is 37.5 Å². The summed E-state index contributed by atoms with van der Waals surface area (Å²) in [5.41, 5.74) is 1.77. The molecule has 0 unspecified atom stereocenters. The molecule has 0 spiro atoms. The third-order valence-corrected chi connectivity index (χ3v) is 6.40. The second-order valence-corrected chi connectivity index (χ2v) is 12.1. The smallest absolute Gasteiger partial charge is 0.407 e. The summed E-state index contributed by atoms with van der Waals surface area (Å²) in [5.74, 6) is -3.46. The molecule has 3 aromatic rings. The molecule has 6 N–H and O–H groups in total. The number of hydrogen-bond acceptors (Lipinski definition) is 10. The summed E-state index contributed by atoms with van der Waals surface area (Å²) in [4.78, 5) is 81.1. The zero-order chi connectivity index (χ0) is 39.1. The molecule has 0 heterocycles.